The van der Waals surface area contributed by atoms with Gasteiger partial charge in [-0.15, -0.1) is 0 Å². The van der Waals surface area contributed by atoms with Gasteiger partial charge in [0.25, 0.3) is 0 Å². The molecule has 0 unspecified atom stereocenters. The summed E-state index contributed by atoms with van der Waals surface area (Å²) in [5.74, 6) is 2.01. The zero-order valence-corrected chi connectivity index (χ0v) is 8.58. The van der Waals surface area contributed by atoms with Gasteiger partial charge >= 0.3 is 0 Å². The molecule has 1 aliphatic rings. The van der Waals surface area contributed by atoms with E-state index in [1.54, 1.807) is 0 Å². The van der Waals surface area contributed by atoms with Gasteiger partial charge in [0.1, 0.15) is 5.82 Å². The standard InChI is InChI=1S/C11H18N2/c1-9(2)7-11-12-8-10-5-3-4-6-13(10)11/h8-9H,3-7H2,1-2H3. The Balaban J connectivity index is 2.21. The van der Waals surface area contributed by atoms with Crippen LogP contribution in [0.5, 0.6) is 0 Å². The molecule has 0 saturated heterocycles. The van der Waals surface area contributed by atoms with Crippen molar-refractivity contribution in [2.75, 3.05) is 0 Å². The van der Waals surface area contributed by atoms with E-state index in [0.29, 0.717) is 5.92 Å². The van der Waals surface area contributed by atoms with Crippen LogP contribution < -0.4 is 0 Å². The molecule has 0 amide bonds. The largest absolute Gasteiger partial charge is 0.332 e. The highest BCUT2D eigenvalue weighted by Gasteiger charge is 2.13. The van der Waals surface area contributed by atoms with Crippen molar-refractivity contribution in [3.8, 4) is 0 Å². The number of aromatic nitrogens is 2. The Morgan fingerprint density at radius 3 is 3.08 bits per heavy atom. The molecule has 1 aromatic heterocycles. The lowest BCUT2D eigenvalue weighted by Gasteiger charge is -2.17. The van der Waals surface area contributed by atoms with Gasteiger partial charge in [-0.1, -0.05) is 13.8 Å². The predicted octanol–water partition coefficient (Wildman–Crippen LogP) is 2.42. The first-order valence-corrected chi connectivity index (χ1v) is 5.30. The molecule has 0 saturated carbocycles. The summed E-state index contributed by atoms with van der Waals surface area (Å²) in [5, 5.41) is 0. The Morgan fingerprint density at radius 1 is 1.46 bits per heavy atom. The van der Waals surface area contributed by atoms with Crippen LogP contribution in [0.15, 0.2) is 6.20 Å². The Bertz CT molecular complexity index is 286. The van der Waals surface area contributed by atoms with Crippen molar-refractivity contribution in [2.45, 2.75) is 46.1 Å². The number of rotatable bonds is 2. The molecule has 0 N–H and O–H groups in total. The lowest BCUT2D eigenvalue weighted by atomic mass is 10.1. The Morgan fingerprint density at radius 2 is 2.31 bits per heavy atom. The fourth-order valence-corrected chi connectivity index (χ4v) is 2.03. The van der Waals surface area contributed by atoms with Crippen molar-refractivity contribution in [3.63, 3.8) is 0 Å². The SMILES string of the molecule is CC(C)Cc1ncc2n1CCCC2. The van der Waals surface area contributed by atoms with E-state index in [4.69, 9.17) is 0 Å². The van der Waals surface area contributed by atoms with Crippen LogP contribution in [0.25, 0.3) is 0 Å². The molecule has 2 nitrogen and oxygen atoms in total. The summed E-state index contributed by atoms with van der Waals surface area (Å²) in [6.07, 6.45) is 7.09. The highest BCUT2D eigenvalue weighted by Crippen LogP contribution is 2.18. The molecule has 0 spiro atoms. The summed E-state index contributed by atoms with van der Waals surface area (Å²) in [4.78, 5) is 4.50. The molecule has 72 valence electrons. The molecule has 2 heteroatoms. The average molecular weight is 178 g/mol. The van der Waals surface area contributed by atoms with E-state index in [-0.39, 0.29) is 0 Å². The monoisotopic (exact) mass is 178 g/mol. The van der Waals surface area contributed by atoms with Gasteiger partial charge in [-0.05, 0) is 25.2 Å². The van der Waals surface area contributed by atoms with Crippen LogP contribution >= 0.6 is 0 Å². The second-order valence-corrected chi connectivity index (χ2v) is 4.37. The van der Waals surface area contributed by atoms with E-state index in [1.807, 2.05) is 0 Å². The molecular weight excluding hydrogens is 160 g/mol. The molecule has 0 fully saturated rings. The van der Waals surface area contributed by atoms with Gasteiger partial charge in [0, 0.05) is 24.9 Å². The first kappa shape index (κ1) is 8.79. The third kappa shape index (κ3) is 1.77. The molecule has 0 radical (unpaired) electrons. The normalized spacial score (nSPS) is 16.2. The van der Waals surface area contributed by atoms with Crippen molar-refractivity contribution in [2.24, 2.45) is 5.92 Å². The topological polar surface area (TPSA) is 17.8 Å². The molecule has 0 aromatic carbocycles. The smallest absolute Gasteiger partial charge is 0.109 e. The molecular formula is C11H18N2. The van der Waals surface area contributed by atoms with Gasteiger partial charge in [0.05, 0.1) is 0 Å². The number of imidazole rings is 1. The van der Waals surface area contributed by atoms with Crippen LogP contribution in [0.4, 0.5) is 0 Å². The summed E-state index contributed by atoms with van der Waals surface area (Å²) >= 11 is 0. The van der Waals surface area contributed by atoms with E-state index in [2.05, 4.69) is 29.6 Å². The summed E-state index contributed by atoms with van der Waals surface area (Å²) in [6, 6.07) is 0. The molecule has 2 heterocycles. The van der Waals surface area contributed by atoms with Gasteiger partial charge in [-0.25, -0.2) is 4.98 Å². The fraction of sp³-hybridized carbons (Fsp3) is 0.727. The Kier molecular flexibility index (Phi) is 2.38. The van der Waals surface area contributed by atoms with Crippen molar-refractivity contribution in [3.05, 3.63) is 17.7 Å². The predicted molar refractivity (Wildman–Crippen MR) is 53.7 cm³/mol. The van der Waals surface area contributed by atoms with Gasteiger partial charge in [0.15, 0.2) is 0 Å². The maximum absolute atomic E-state index is 4.50. The van der Waals surface area contributed by atoms with Gasteiger partial charge in [0.2, 0.25) is 0 Å². The first-order chi connectivity index (χ1) is 6.27. The number of nitrogens with zero attached hydrogens (tertiary/aromatic N) is 2. The third-order valence-electron chi connectivity index (χ3n) is 2.68. The lowest BCUT2D eigenvalue weighted by Crippen LogP contribution is -2.13. The van der Waals surface area contributed by atoms with Crippen molar-refractivity contribution in [1.82, 2.24) is 9.55 Å². The molecule has 1 aromatic rings. The molecule has 0 aliphatic carbocycles. The first-order valence-electron chi connectivity index (χ1n) is 5.30. The van der Waals surface area contributed by atoms with Crippen LogP contribution in [-0.2, 0) is 19.4 Å². The van der Waals surface area contributed by atoms with Crippen LogP contribution in [0.1, 0.15) is 38.2 Å². The van der Waals surface area contributed by atoms with Crippen LogP contribution in [0.2, 0.25) is 0 Å². The zero-order valence-electron chi connectivity index (χ0n) is 8.58. The molecule has 1 aliphatic heterocycles. The summed E-state index contributed by atoms with van der Waals surface area (Å²) in [5.41, 5.74) is 1.45. The fourth-order valence-electron chi connectivity index (χ4n) is 2.03. The molecule has 13 heavy (non-hydrogen) atoms. The summed E-state index contributed by atoms with van der Waals surface area (Å²) in [7, 11) is 0. The highest BCUT2D eigenvalue weighted by atomic mass is 15.1. The van der Waals surface area contributed by atoms with Crippen molar-refractivity contribution < 1.29 is 0 Å². The van der Waals surface area contributed by atoms with E-state index < -0.39 is 0 Å². The van der Waals surface area contributed by atoms with E-state index >= 15 is 0 Å². The van der Waals surface area contributed by atoms with Gasteiger partial charge in [-0.2, -0.15) is 0 Å². The second-order valence-electron chi connectivity index (χ2n) is 4.37. The molecule has 0 atom stereocenters. The van der Waals surface area contributed by atoms with Gasteiger partial charge < -0.3 is 4.57 Å². The summed E-state index contributed by atoms with van der Waals surface area (Å²) < 4.78 is 2.42. The lowest BCUT2D eigenvalue weighted by molar-refractivity contribution is 0.496. The number of hydrogen-bond acceptors (Lipinski definition) is 1. The van der Waals surface area contributed by atoms with E-state index in [9.17, 15) is 0 Å². The van der Waals surface area contributed by atoms with Crippen LogP contribution in [0.3, 0.4) is 0 Å². The zero-order chi connectivity index (χ0) is 9.26. The van der Waals surface area contributed by atoms with Crippen molar-refractivity contribution >= 4 is 0 Å². The van der Waals surface area contributed by atoms with Crippen molar-refractivity contribution in [1.29, 1.82) is 0 Å². The number of aryl methyl sites for hydroxylation is 1. The highest BCUT2D eigenvalue weighted by molar-refractivity contribution is 5.08. The third-order valence-corrected chi connectivity index (χ3v) is 2.68. The maximum Gasteiger partial charge on any atom is 0.109 e. The van der Waals surface area contributed by atoms with Gasteiger partial charge in [-0.3, -0.25) is 0 Å². The minimum Gasteiger partial charge on any atom is -0.332 e. The number of hydrogen-bond donors (Lipinski definition) is 0. The second kappa shape index (κ2) is 3.52. The average Bonchev–Trinajstić information content (AvgIpc) is 2.48. The van der Waals surface area contributed by atoms with E-state index in [0.717, 1.165) is 6.42 Å². The number of fused-ring (bicyclic) bond motifs is 1. The van der Waals surface area contributed by atoms with Crippen LogP contribution in [0, 0.1) is 5.92 Å². The molecule has 2 rings (SSSR count). The minimum atomic E-state index is 0.716. The van der Waals surface area contributed by atoms with Crippen LogP contribution in [-0.4, -0.2) is 9.55 Å². The summed E-state index contributed by atoms with van der Waals surface area (Å²) in [6.45, 7) is 5.70. The molecule has 0 bridgehead atoms. The Hall–Kier alpha value is -0.790. The van der Waals surface area contributed by atoms with E-state index in [1.165, 1.54) is 37.3 Å². The maximum atomic E-state index is 4.50. The quantitative estimate of drug-likeness (QED) is 0.680. The minimum absolute atomic E-state index is 0.716. The Labute approximate surface area is 80.0 Å².